The Balaban J connectivity index is 0.00000162. The summed E-state index contributed by atoms with van der Waals surface area (Å²) in [5.41, 5.74) is 5.27. The number of hydrogen-bond acceptors (Lipinski definition) is 3. The highest BCUT2D eigenvalue weighted by molar-refractivity contribution is 5.90. The van der Waals surface area contributed by atoms with Gasteiger partial charge >= 0.3 is 0 Å². The summed E-state index contributed by atoms with van der Waals surface area (Å²) in [4.78, 5) is 25.4. The number of likely N-dealkylation sites (tertiary alicyclic amines) is 1. The number of amides is 2. The highest BCUT2D eigenvalue weighted by atomic mass is 35.5. The number of carbonyl (C=O) groups is 2. The van der Waals surface area contributed by atoms with Crippen LogP contribution in [0.15, 0.2) is 0 Å². The molecule has 1 aliphatic carbocycles. The summed E-state index contributed by atoms with van der Waals surface area (Å²) in [5.74, 6) is -0.153. The van der Waals surface area contributed by atoms with Crippen LogP contribution in [0.2, 0.25) is 0 Å². The van der Waals surface area contributed by atoms with E-state index in [4.69, 9.17) is 5.73 Å². The zero-order valence-corrected chi connectivity index (χ0v) is 11.4. The molecule has 1 saturated carbocycles. The van der Waals surface area contributed by atoms with Gasteiger partial charge in [0.1, 0.15) is 0 Å². The third kappa shape index (κ3) is 3.36. The molecule has 0 unspecified atom stereocenters. The lowest BCUT2D eigenvalue weighted by Crippen LogP contribution is -2.53. The largest absolute Gasteiger partial charge is 0.345 e. The van der Waals surface area contributed by atoms with Gasteiger partial charge in [-0.15, -0.1) is 12.4 Å². The quantitative estimate of drug-likeness (QED) is 0.784. The molecule has 2 amide bonds. The Morgan fingerprint density at radius 3 is 2.22 bits per heavy atom. The van der Waals surface area contributed by atoms with Crippen LogP contribution in [0.4, 0.5) is 0 Å². The zero-order valence-electron chi connectivity index (χ0n) is 10.6. The fourth-order valence-corrected chi connectivity index (χ4v) is 2.64. The van der Waals surface area contributed by atoms with E-state index in [-0.39, 0.29) is 30.8 Å². The smallest absolute Gasteiger partial charge is 0.241 e. The predicted octanol–water partition coefficient (Wildman–Crippen LogP) is 0.418. The standard InChI is InChI=1S/C12H21N3O2.ClH/c13-12(5-1-2-6-12)11(17)14-9-10(16)15-7-3-4-8-15;/h1-9,13H2,(H,14,17);1H. The molecule has 0 aromatic rings. The van der Waals surface area contributed by atoms with Crippen molar-refractivity contribution in [1.82, 2.24) is 10.2 Å². The molecule has 3 N–H and O–H groups in total. The summed E-state index contributed by atoms with van der Waals surface area (Å²) < 4.78 is 0. The Hall–Kier alpha value is -0.810. The number of hydrogen-bond donors (Lipinski definition) is 2. The van der Waals surface area contributed by atoms with Gasteiger partial charge in [0, 0.05) is 13.1 Å². The number of rotatable bonds is 3. The van der Waals surface area contributed by atoms with Crippen molar-refractivity contribution in [3.63, 3.8) is 0 Å². The van der Waals surface area contributed by atoms with Crippen molar-refractivity contribution in [3.8, 4) is 0 Å². The van der Waals surface area contributed by atoms with Crippen LogP contribution in [0.1, 0.15) is 38.5 Å². The summed E-state index contributed by atoms with van der Waals surface area (Å²) in [7, 11) is 0. The van der Waals surface area contributed by atoms with Crippen molar-refractivity contribution in [3.05, 3.63) is 0 Å². The number of nitrogens with one attached hydrogen (secondary N) is 1. The summed E-state index contributed by atoms with van der Waals surface area (Å²) in [6, 6.07) is 0. The highest BCUT2D eigenvalue weighted by Gasteiger charge is 2.37. The third-order valence-corrected chi connectivity index (χ3v) is 3.81. The van der Waals surface area contributed by atoms with Crippen LogP contribution in [0.5, 0.6) is 0 Å². The fraction of sp³-hybridized carbons (Fsp3) is 0.833. The molecule has 0 aromatic heterocycles. The van der Waals surface area contributed by atoms with Gasteiger partial charge in [0.15, 0.2) is 0 Å². The molecule has 2 fully saturated rings. The molecule has 1 aliphatic heterocycles. The van der Waals surface area contributed by atoms with Crippen molar-refractivity contribution >= 4 is 24.2 Å². The molecule has 5 nitrogen and oxygen atoms in total. The maximum Gasteiger partial charge on any atom is 0.241 e. The molecule has 0 bridgehead atoms. The first kappa shape index (κ1) is 15.2. The first-order valence-corrected chi connectivity index (χ1v) is 6.47. The number of carbonyl (C=O) groups excluding carboxylic acids is 2. The fourth-order valence-electron chi connectivity index (χ4n) is 2.64. The molecule has 1 saturated heterocycles. The van der Waals surface area contributed by atoms with E-state index in [1.54, 1.807) is 4.90 Å². The van der Waals surface area contributed by atoms with E-state index in [1.807, 2.05) is 0 Å². The second-order valence-corrected chi connectivity index (χ2v) is 5.13. The van der Waals surface area contributed by atoms with Crippen LogP contribution in [-0.2, 0) is 9.59 Å². The first-order chi connectivity index (χ1) is 8.12. The maximum absolute atomic E-state index is 11.9. The van der Waals surface area contributed by atoms with Crippen LogP contribution in [0, 0.1) is 0 Å². The summed E-state index contributed by atoms with van der Waals surface area (Å²) in [5, 5.41) is 2.69. The number of nitrogens with two attached hydrogens (primary N) is 1. The average molecular weight is 276 g/mol. The monoisotopic (exact) mass is 275 g/mol. The van der Waals surface area contributed by atoms with Crippen molar-refractivity contribution in [2.45, 2.75) is 44.1 Å². The molecular formula is C12H22ClN3O2. The molecule has 6 heteroatoms. The Morgan fingerprint density at radius 1 is 1.11 bits per heavy atom. The lowest BCUT2D eigenvalue weighted by molar-refractivity contribution is -0.133. The van der Waals surface area contributed by atoms with Gasteiger partial charge in [-0.2, -0.15) is 0 Å². The van der Waals surface area contributed by atoms with Gasteiger partial charge in [0.25, 0.3) is 0 Å². The molecule has 2 aliphatic rings. The Morgan fingerprint density at radius 2 is 1.67 bits per heavy atom. The number of halogens is 1. The van der Waals surface area contributed by atoms with Gasteiger partial charge in [-0.25, -0.2) is 0 Å². The third-order valence-electron chi connectivity index (χ3n) is 3.81. The summed E-state index contributed by atoms with van der Waals surface area (Å²) >= 11 is 0. The van der Waals surface area contributed by atoms with Crippen LogP contribution in [-0.4, -0.2) is 41.9 Å². The zero-order chi connectivity index (χ0) is 12.3. The van der Waals surface area contributed by atoms with Crippen LogP contribution in [0.3, 0.4) is 0 Å². The molecule has 0 spiro atoms. The Bertz CT molecular complexity index is 310. The van der Waals surface area contributed by atoms with Gasteiger partial charge in [0.05, 0.1) is 12.1 Å². The second kappa shape index (κ2) is 6.38. The highest BCUT2D eigenvalue weighted by Crippen LogP contribution is 2.27. The second-order valence-electron chi connectivity index (χ2n) is 5.13. The average Bonchev–Trinajstić information content (AvgIpc) is 2.96. The summed E-state index contributed by atoms with van der Waals surface area (Å²) in [6.07, 6.45) is 5.61. The number of nitrogens with zero attached hydrogens (tertiary/aromatic N) is 1. The summed E-state index contributed by atoms with van der Waals surface area (Å²) in [6.45, 7) is 1.74. The van der Waals surface area contributed by atoms with E-state index in [9.17, 15) is 9.59 Å². The maximum atomic E-state index is 11.9. The van der Waals surface area contributed by atoms with Crippen molar-refractivity contribution < 1.29 is 9.59 Å². The van der Waals surface area contributed by atoms with Crippen molar-refractivity contribution in [1.29, 1.82) is 0 Å². The van der Waals surface area contributed by atoms with E-state index in [2.05, 4.69) is 5.32 Å². The SMILES string of the molecule is Cl.NC1(C(=O)NCC(=O)N2CCCC2)CCCC1. The lowest BCUT2D eigenvalue weighted by atomic mass is 9.98. The van der Waals surface area contributed by atoms with Crippen LogP contribution >= 0.6 is 12.4 Å². The molecular weight excluding hydrogens is 254 g/mol. The minimum Gasteiger partial charge on any atom is -0.345 e. The molecule has 2 rings (SSSR count). The predicted molar refractivity (Wildman–Crippen MR) is 71.5 cm³/mol. The lowest BCUT2D eigenvalue weighted by Gasteiger charge is -2.23. The van der Waals surface area contributed by atoms with Gasteiger partial charge in [0.2, 0.25) is 11.8 Å². The van der Waals surface area contributed by atoms with Crippen molar-refractivity contribution in [2.75, 3.05) is 19.6 Å². The van der Waals surface area contributed by atoms with E-state index in [1.165, 1.54) is 0 Å². The molecule has 18 heavy (non-hydrogen) atoms. The van der Waals surface area contributed by atoms with E-state index in [0.717, 1.165) is 51.6 Å². The molecule has 0 aromatic carbocycles. The van der Waals surface area contributed by atoms with Crippen molar-refractivity contribution in [2.24, 2.45) is 5.73 Å². The molecule has 104 valence electrons. The van der Waals surface area contributed by atoms with Crippen LogP contribution < -0.4 is 11.1 Å². The minimum atomic E-state index is -0.731. The molecule has 0 radical (unpaired) electrons. The first-order valence-electron chi connectivity index (χ1n) is 6.47. The molecule has 1 heterocycles. The van der Waals surface area contributed by atoms with E-state index >= 15 is 0 Å². The van der Waals surface area contributed by atoms with Gasteiger partial charge in [-0.3, -0.25) is 9.59 Å². The van der Waals surface area contributed by atoms with Gasteiger partial charge in [-0.1, -0.05) is 12.8 Å². The van der Waals surface area contributed by atoms with Gasteiger partial charge in [-0.05, 0) is 25.7 Å². The van der Waals surface area contributed by atoms with E-state index < -0.39 is 5.54 Å². The Labute approximate surface area is 114 Å². The Kier molecular flexibility index (Phi) is 5.41. The van der Waals surface area contributed by atoms with Gasteiger partial charge < -0.3 is 16.0 Å². The minimum absolute atomic E-state index is 0. The molecule has 0 atom stereocenters. The van der Waals surface area contributed by atoms with Crippen LogP contribution in [0.25, 0.3) is 0 Å². The normalized spacial score (nSPS) is 21.5. The van der Waals surface area contributed by atoms with E-state index in [0.29, 0.717) is 0 Å². The topological polar surface area (TPSA) is 75.4 Å².